The summed E-state index contributed by atoms with van der Waals surface area (Å²) in [7, 11) is 1.88. The smallest absolute Gasteiger partial charge is 0.269 e. The highest BCUT2D eigenvalue weighted by Crippen LogP contribution is 2.06. The van der Waals surface area contributed by atoms with Crippen molar-refractivity contribution in [3.8, 4) is 0 Å². The van der Waals surface area contributed by atoms with Crippen molar-refractivity contribution < 1.29 is 4.79 Å². The number of hydrogen-bond donors (Lipinski definition) is 2. The number of aryl methyl sites for hydroxylation is 1. The van der Waals surface area contributed by atoms with E-state index in [2.05, 4.69) is 27.6 Å². The summed E-state index contributed by atoms with van der Waals surface area (Å²) in [5, 5.41) is 10.3. The van der Waals surface area contributed by atoms with Crippen molar-refractivity contribution in [2.75, 3.05) is 18.4 Å². The summed E-state index contributed by atoms with van der Waals surface area (Å²) in [5.74, 6) is -0.159. The first-order valence-electron chi connectivity index (χ1n) is 7.15. The molecule has 2 rings (SSSR count). The van der Waals surface area contributed by atoms with Crippen LogP contribution in [0.1, 0.15) is 29.5 Å². The molecule has 2 aromatic heterocycles. The van der Waals surface area contributed by atoms with E-state index in [-0.39, 0.29) is 5.91 Å². The monoisotopic (exact) mass is 287 g/mol. The number of rotatable bonds is 7. The van der Waals surface area contributed by atoms with Crippen LogP contribution in [0.5, 0.6) is 0 Å². The van der Waals surface area contributed by atoms with Gasteiger partial charge in [-0.2, -0.15) is 5.10 Å². The first kappa shape index (κ1) is 15.0. The van der Waals surface area contributed by atoms with Crippen molar-refractivity contribution in [3.63, 3.8) is 0 Å². The zero-order valence-electron chi connectivity index (χ0n) is 12.5. The number of nitrogens with one attached hydrogen (secondary N) is 2. The van der Waals surface area contributed by atoms with Gasteiger partial charge in [-0.05, 0) is 24.6 Å². The number of anilines is 1. The van der Waals surface area contributed by atoms with Crippen LogP contribution in [-0.4, -0.2) is 33.8 Å². The summed E-state index contributed by atoms with van der Waals surface area (Å²) in [6.07, 6.45) is 5.34. The zero-order valence-corrected chi connectivity index (χ0v) is 12.5. The quantitative estimate of drug-likeness (QED) is 0.811. The van der Waals surface area contributed by atoms with Gasteiger partial charge in [0.15, 0.2) is 0 Å². The van der Waals surface area contributed by atoms with Gasteiger partial charge in [-0.25, -0.2) is 4.98 Å². The summed E-state index contributed by atoms with van der Waals surface area (Å²) >= 11 is 0. The van der Waals surface area contributed by atoms with E-state index in [1.807, 2.05) is 25.4 Å². The Balaban J connectivity index is 1.79. The third kappa shape index (κ3) is 4.59. The number of hydrogen-bond acceptors (Lipinski definition) is 4. The summed E-state index contributed by atoms with van der Waals surface area (Å²) in [6, 6.07) is 5.54. The Kier molecular flexibility index (Phi) is 5.31. The fourth-order valence-corrected chi connectivity index (χ4v) is 1.89. The Bertz CT molecular complexity index is 576. The third-order valence-electron chi connectivity index (χ3n) is 3.01. The first-order valence-corrected chi connectivity index (χ1v) is 7.15. The lowest BCUT2D eigenvalue weighted by atomic mass is 10.3. The molecular formula is C15H21N5O. The molecule has 6 nitrogen and oxygen atoms in total. The Hall–Kier alpha value is -2.37. The van der Waals surface area contributed by atoms with Crippen molar-refractivity contribution in [1.29, 1.82) is 0 Å². The highest BCUT2D eigenvalue weighted by Gasteiger charge is 2.06. The van der Waals surface area contributed by atoms with Gasteiger partial charge in [0, 0.05) is 32.8 Å². The van der Waals surface area contributed by atoms with Crippen LogP contribution in [0.3, 0.4) is 0 Å². The molecule has 0 aliphatic rings. The second-order valence-electron chi connectivity index (χ2n) is 4.85. The molecule has 1 amide bonds. The molecule has 6 heteroatoms. The Morgan fingerprint density at radius 3 is 2.76 bits per heavy atom. The average Bonchev–Trinajstić information content (AvgIpc) is 2.91. The van der Waals surface area contributed by atoms with Gasteiger partial charge in [-0.3, -0.25) is 9.48 Å². The molecular weight excluding hydrogens is 266 g/mol. The summed E-state index contributed by atoms with van der Waals surface area (Å²) in [6.45, 7) is 3.55. The van der Waals surface area contributed by atoms with Crippen LogP contribution in [0, 0.1) is 0 Å². The average molecular weight is 287 g/mol. The maximum absolute atomic E-state index is 11.9. The minimum absolute atomic E-state index is 0.159. The molecule has 0 spiro atoms. The summed E-state index contributed by atoms with van der Waals surface area (Å²) in [4.78, 5) is 16.1. The highest BCUT2D eigenvalue weighted by molar-refractivity contribution is 5.92. The van der Waals surface area contributed by atoms with Crippen molar-refractivity contribution >= 4 is 11.6 Å². The number of nitrogens with zero attached hydrogens (tertiary/aromatic N) is 3. The van der Waals surface area contributed by atoms with Crippen LogP contribution in [0.15, 0.2) is 30.6 Å². The van der Waals surface area contributed by atoms with Crippen LogP contribution in [0.2, 0.25) is 0 Å². The molecule has 0 saturated carbocycles. The number of carbonyl (C=O) groups excluding carboxylic acids is 1. The lowest BCUT2D eigenvalue weighted by Crippen LogP contribution is -2.26. The van der Waals surface area contributed by atoms with E-state index in [0.29, 0.717) is 18.7 Å². The summed E-state index contributed by atoms with van der Waals surface area (Å²) in [5.41, 5.74) is 2.32. The van der Waals surface area contributed by atoms with Gasteiger partial charge >= 0.3 is 0 Å². The van der Waals surface area contributed by atoms with Gasteiger partial charge < -0.3 is 10.6 Å². The van der Waals surface area contributed by atoms with Crippen LogP contribution in [0.25, 0.3) is 0 Å². The van der Waals surface area contributed by atoms with Crippen molar-refractivity contribution in [2.45, 2.75) is 19.8 Å². The van der Waals surface area contributed by atoms with E-state index in [0.717, 1.165) is 24.3 Å². The molecule has 0 aliphatic heterocycles. The number of carbonyl (C=O) groups is 1. The molecule has 21 heavy (non-hydrogen) atoms. The Morgan fingerprint density at radius 2 is 2.14 bits per heavy atom. The van der Waals surface area contributed by atoms with Gasteiger partial charge in [0.2, 0.25) is 0 Å². The number of aromatic nitrogens is 3. The van der Waals surface area contributed by atoms with Crippen LogP contribution >= 0.6 is 0 Å². The minimum atomic E-state index is -0.159. The molecule has 0 bridgehead atoms. The van der Waals surface area contributed by atoms with E-state index in [1.165, 1.54) is 0 Å². The third-order valence-corrected chi connectivity index (χ3v) is 3.01. The predicted octanol–water partition coefficient (Wildman–Crippen LogP) is 1.61. The molecule has 2 aromatic rings. The molecule has 0 saturated heterocycles. The highest BCUT2D eigenvalue weighted by atomic mass is 16.1. The van der Waals surface area contributed by atoms with E-state index >= 15 is 0 Å². The second-order valence-corrected chi connectivity index (χ2v) is 4.85. The van der Waals surface area contributed by atoms with Gasteiger partial charge in [0.05, 0.1) is 17.6 Å². The van der Waals surface area contributed by atoms with Crippen LogP contribution < -0.4 is 10.6 Å². The topological polar surface area (TPSA) is 71.8 Å². The largest absolute Gasteiger partial charge is 0.384 e. The molecule has 2 heterocycles. The lowest BCUT2D eigenvalue weighted by Gasteiger charge is -2.06. The van der Waals surface area contributed by atoms with Gasteiger partial charge in [-0.15, -0.1) is 0 Å². The molecule has 2 N–H and O–H groups in total. The fourth-order valence-electron chi connectivity index (χ4n) is 1.89. The van der Waals surface area contributed by atoms with E-state index in [9.17, 15) is 4.79 Å². The molecule has 0 unspecified atom stereocenters. The van der Waals surface area contributed by atoms with Crippen molar-refractivity contribution in [2.24, 2.45) is 7.05 Å². The molecule has 0 aromatic carbocycles. The van der Waals surface area contributed by atoms with Crippen molar-refractivity contribution in [1.82, 2.24) is 20.1 Å². The molecule has 0 aliphatic carbocycles. The Morgan fingerprint density at radius 1 is 1.29 bits per heavy atom. The van der Waals surface area contributed by atoms with Gasteiger partial charge in [0.1, 0.15) is 5.69 Å². The Labute approximate surface area is 124 Å². The first-order chi connectivity index (χ1) is 10.2. The van der Waals surface area contributed by atoms with E-state index < -0.39 is 0 Å². The standard InChI is InChI=1S/C15H21N5O/c1-3-8-16-13-4-5-14(18-11-13)15(21)17-9-6-12-7-10-20(2)19-12/h4-5,7,10-11,16H,3,6,8-9H2,1-2H3,(H,17,21). The molecule has 112 valence electrons. The van der Waals surface area contributed by atoms with E-state index in [1.54, 1.807) is 16.9 Å². The zero-order chi connectivity index (χ0) is 15.1. The fraction of sp³-hybridized carbons (Fsp3) is 0.400. The SMILES string of the molecule is CCCNc1ccc(C(=O)NCCc2ccn(C)n2)nc1. The maximum atomic E-state index is 11.9. The van der Waals surface area contributed by atoms with Crippen LogP contribution in [-0.2, 0) is 13.5 Å². The summed E-state index contributed by atoms with van der Waals surface area (Å²) < 4.78 is 1.75. The molecule has 0 fully saturated rings. The molecule has 0 atom stereocenters. The number of pyridine rings is 1. The minimum Gasteiger partial charge on any atom is -0.384 e. The maximum Gasteiger partial charge on any atom is 0.269 e. The molecule has 0 radical (unpaired) electrons. The van der Waals surface area contributed by atoms with Gasteiger partial charge in [0.25, 0.3) is 5.91 Å². The predicted molar refractivity (Wildman–Crippen MR) is 82.3 cm³/mol. The second kappa shape index (κ2) is 7.42. The lowest BCUT2D eigenvalue weighted by molar-refractivity contribution is 0.0949. The van der Waals surface area contributed by atoms with Gasteiger partial charge in [-0.1, -0.05) is 6.92 Å². The normalized spacial score (nSPS) is 10.4. The van der Waals surface area contributed by atoms with Crippen LogP contribution in [0.4, 0.5) is 5.69 Å². The van der Waals surface area contributed by atoms with Crippen molar-refractivity contribution in [3.05, 3.63) is 42.0 Å². The van der Waals surface area contributed by atoms with E-state index in [4.69, 9.17) is 0 Å². The number of amides is 1.